The summed E-state index contributed by atoms with van der Waals surface area (Å²) < 4.78 is 13.7. The summed E-state index contributed by atoms with van der Waals surface area (Å²) in [6, 6.07) is 61.8. The van der Waals surface area contributed by atoms with Gasteiger partial charge in [-0.2, -0.15) is 0 Å². The second kappa shape index (κ2) is 14.6. The zero-order valence-corrected chi connectivity index (χ0v) is 29.1. The molecule has 240 valence electrons. The summed E-state index contributed by atoms with van der Waals surface area (Å²) in [6.07, 6.45) is 0.804. The molecule has 0 unspecified atom stereocenters. The van der Waals surface area contributed by atoms with Gasteiger partial charge in [0.1, 0.15) is 5.78 Å². The third-order valence-electron chi connectivity index (χ3n) is 8.92. The number of hydrogen-bond acceptors (Lipinski definition) is 5. The molecular formula is C42H36N2O3Si2. The number of benzene rings is 6. The molecule has 0 atom stereocenters. The maximum Gasteiger partial charge on any atom is 0.380 e. The number of rotatable bonds is 10. The van der Waals surface area contributed by atoms with Gasteiger partial charge >= 0.3 is 16.6 Å². The number of carbonyl (C=O) groups is 1. The number of nitrogens with zero attached hydrogens (tertiary/aromatic N) is 2. The molecule has 6 aromatic carbocycles. The van der Waals surface area contributed by atoms with Crippen LogP contribution in [0.4, 0.5) is 0 Å². The van der Waals surface area contributed by atoms with Gasteiger partial charge in [0, 0.05) is 19.3 Å². The van der Waals surface area contributed by atoms with E-state index in [0.29, 0.717) is 17.8 Å². The highest BCUT2D eigenvalue weighted by molar-refractivity contribution is 7.07. The maximum atomic E-state index is 13.3. The Morgan fingerprint density at radius 1 is 0.347 bits per heavy atom. The number of hydrogen-bond donors (Lipinski definition) is 0. The van der Waals surface area contributed by atoms with E-state index in [1.54, 1.807) is 0 Å². The molecule has 0 spiro atoms. The Bertz CT molecular complexity index is 1700. The topological polar surface area (TPSA) is 60.2 Å². The minimum atomic E-state index is -3.10. The van der Waals surface area contributed by atoms with Crippen molar-refractivity contribution in [1.82, 2.24) is 0 Å². The highest BCUT2D eigenvalue weighted by Crippen LogP contribution is 2.17. The van der Waals surface area contributed by atoms with E-state index in [1.807, 2.05) is 109 Å². The van der Waals surface area contributed by atoms with Crippen LogP contribution >= 0.6 is 0 Å². The zero-order valence-electron chi connectivity index (χ0n) is 27.1. The highest BCUT2D eigenvalue weighted by atomic mass is 28.4. The lowest BCUT2D eigenvalue weighted by Gasteiger charge is -2.31. The molecule has 0 N–H and O–H groups in total. The summed E-state index contributed by atoms with van der Waals surface area (Å²) in [5.74, 6) is 0.0359. The minimum Gasteiger partial charge on any atom is -0.438 e. The van der Waals surface area contributed by atoms with Crippen LogP contribution in [0.15, 0.2) is 192 Å². The Balaban J connectivity index is 1.29. The third kappa shape index (κ3) is 6.59. The number of Topliss-reactive ketones (excluding diaryl/α,β-unsaturated/α-hetero) is 1. The van der Waals surface area contributed by atoms with Crippen LogP contribution in [0.3, 0.4) is 0 Å². The highest BCUT2D eigenvalue weighted by Gasteiger charge is 2.46. The van der Waals surface area contributed by atoms with Crippen LogP contribution in [0, 0.1) is 0 Å². The zero-order chi connectivity index (χ0) is 33.4. The van der Waals surface area contributed by atoms with E-state index in [1.165, 1.54) is 0 Å². The van der Waals surface area contributed by atoms with Crippen LogP contribution in [0.2, 0.25) is 0 Å². The van der Waals surface area contributed by atoms with Crippen molar-refractivity contribution >= 4 is 65.0 Å². The van der Waals surface area contributed by atoms with Crippen molar-refractivity contribution in [2.75, 3.05) is 0 Å². The van der Waals surface area contributed by atoms with Crippen molar-refractivity contribution in [3.05, 3.63) is 182 Å². The summed E-state index contributed by atoms with van der Waals surface area (Å²) in [7, 11) is -6.19. The first kappa shape index (κ1) is 31.9. The van der Waals surface area contributed by atoms with E-state index in [0.717, 1.165) is 31.1 Å². The Labute approximate surface area is 289 Å². The fourth-order valence-electron chi connectivity index (χ4n) is 6.63. The monoisotopic (exact) mass is 672 g/mol. The number of oxime groups is 2. The Kier molecular flexibility index (Phi) is 9.54. The van der Waals surface area contributed by atoms with Crippen LogP contribution in [0.1, 0.15) is 19.3 Å². The van der Waals surface area contributed by atoms with Crippen molar-refractivity contribution in [2.45, 2.75) is 19.3 Å². The van der Waals surface area contributed by atoms with Crippen LogP contribution < -0.4 is 31.1 Å². The van der Waals surface area contributed by atoms with E-state index in [4.69, 9.17) is 19.4 Å². The fourth-order valence-corrected chi connectivity index (χ4v) is 13.8. The molecule has 0 amide bonds. The second-order valence-electron chi connectivity index (χ2n) is 12.1. The first-order valence-corrected chi connectivity index (χ1v) is 20.3. The normalized spacial score (nSPS) is 15.2. The second-order valence-corrected chi connectivity index (χ2v) is 18.7. The smallest absolute Gasteiger partial charge is 0.380 e. The summed E-state index contributed by atoms with van der Waals surface area (Å²) >= 11 is 0. The van der Waals surface area contributed by atoms with E-state index in [9.17, 15) is 4.79 Å². The molecule has 49 heavy (non-hydrogen) atoms. The standard InChI is InChI=1S/C42H36N2O3Si2/c45-36-32-34(43-46-48(37-19-7-1-8-20-37,38-21-9-2-10-22-38)39-23-11-3-12-24-39)31-35(33-36)44-47-49(40-25-13-4-14-26-40,41-27-15-5-16-28-41)42-29-17-6-18-30-42/h1-30H,31-33H2/b43-34-,44-35+. The minimum absolute atomic E-state index is 0.0359. The van der Waals surface area contributed by atoms with Gasteiger partial charge in [-0.05, 0) is 31.1 Å². The predicted octanol–water partition coefficient (Wildman–Crippen LogP) is 4.82. The van der Waals surface area contributed by atoms with Gasteiger partial charge in [-0.25, -0.2) is 0 Å². The van der Waals surface area contributed by atoms with Gasteiger partial charge in [-0.3, -0.25) is 4.79 Å². The van der Waals surface area contributed by atoms with E-state index in [-0.39, 0.29) is 18.6 Å². The molecule has 0 heterocycles. The molecule has 7 rings (SSSR count). The molecule has 5 nitrogen and oxygen atoms in total. The fraction of sp³-hybridized carbons (Fsp3) is 0.0714. The van der Waals surface area contributed by atoms with Gasteiger partial charge in [0.05, 0.1) is 11.4 Å². The van der Waals surface area contributed by atoms with Crippen molar-refractivity contribution in [1.29, 1.82) is 0 Å². The molecule has 1 aliphatic rings. The molecule has 1 fully saturated rings. The quantitative estimate of drug-likeness (QED) is 0.119. The van der Waals surface area contributed by atoms with Crippen LogP contribution in [-0.2, 0) is 13.8 Å². The summed E-state index contributed by atoms with van der Waals surface area (Å²) in [5, 5.41) is 16.1. The molecule has 0 radical (unpaired) electrons. The van der Waals surface area contributed by atoms with Gasteiger partial charge in [0.25, 0.3) is 0 Å². The maximum absolute atomic E-state index is 13.3. The van der Waals surface area contributed by atoms with Crippen LogP contribution in [0.25, 0.3) is 0 Å². The van der Waals surface area contributed by atoms with Crippen molar-refractivity contribution in [3.63, 3.8) is 0 Å². The summed E-state index contributed by atoms with van der Waals surface area (Å²) in [4.78, 5) is 13.3. The Morgan fingerprint density at radius 2 is 0.571 bits per heavy atom. The lowest BCUT2D eigenvalue weighted by molar-refractivity contribution is -0.117. The van der Waals surface area contributed by atoms with Crippen molar-refractivity contribution in [2.24, 2.45) is 10.3 Å². The molecule has 7 heteroatoms. The average molecular weight is 673 g/mol. The molecule has 0 saturated heterocycles. The molecule has 0 aromatic heterocycles. The van der Waals surface area contributed by atoms with Gasteiger partial charge in [0.2, 0.25) is 0 Å². The van der Waals surface area contributed by atoms with E-state index < -0.39 is 16.6 Å². The van der Waals surface area contributed by atoms with Crippen molar-refractivity contribution in [3.8, 4) is 0 Å². The molecule has 6 aromatic rings. The number of carbonyl (C=O) groups excluding carboxylic acids is 1. The van der Waals surface area contributed by atoms with Crippen LogP contribution in [-0.4, -0.2) is 33.8 Å². The lowest BCUT2D eigenvalue weighted by atomic mass is 9.95. The van der Waals surface area contributed by atoms with Gasteiger partial charge < -0.3 is 9.05 Å². The molecule has 1 saturated carbocycles. The number of ketones is 1. The predicted molar refractivity (Wildman–Crippen MR) is 204 cm³/mol. The van der Waals surface area contributed by atoms with Crippen molar-refractivity contribution < 1.29 is 13.8 Å². The third-order valence-corrected chi connectivity index (χ3v) is 16.5. The van der Waals surface area contributed by atoms with Gasteiger partial charge in [0.15, 0.2) is 0 Å². The molecule has 0 aliphatic heterocycles. The van der Waals surface area contributed by atoms with E-state index in [2.05, 4.69) is 72.8 Å². The average Bonchev–Trinajstić information content (AvgIpc) is 3.18. The SMILES string of the molecule is O=C1C/C(=N\O[Si](c2ccccc2)(c2ccccc2)c2ccccc2)C/C(=N\O[Si](c2ccccc2)(c2ccccc2)c2ccccc2)C1. The lowest BCUT2D eigenvalue weighted by Crippen LogP contribution is -2.68. The van der Waals surface area contributed by atoms with E-state index >= 15 is 0 Å². The van der Waals surface area contributed by atoms with Gasteiger partial charge in [-0.1, -0.05) is 182 Å². The largest absolute Gasteiger partial charge is 0.438 e. The summed E-state index contributed by atoms with van der Waals surface area (Å²) in [6.45, 7) is 0. The first-order valence-electron chi connectivity index (χ1n) is 16.5. The summed E-state index contributed by atoms with van der Waals surface area (Å²) in [5.41, 5.74) is 1.29. The van der Waals surface area contributed by atoms with Crippen LogP contribution in [0.5, 0.6) is 0 Å². The molecule has 0 bridgehead atoms. The first-order chi connectivity index (χ1) is 24.2. The molecular weight excluding hydrogens is 637 g/mol. The van der Waals surface area contributed by atoms with Gasteiger partial charge in [-0.15, -0.1) is 10.3 Å². The molecule has 1 aliphatic carbocycles. The Hall–Kier alpha value is -5.64. The Morgan fingerprint density at radius 3 is 0.796 bits per heavy atom.